The summed E-state index contributed by atoms with van der Waals surface area (Å²) in [5, 5.41) is 0. The molecule has 1 aliphatic heterocycles. The minimum absolute atomic E-state index is 0.102. The molecule has 1 amide bonds. The summed E-state index contributed by atoms with van der Waals surface area (Å²) in [6.45, 7) is 2.33. The zero-order chi connectivity index (χ0) is 13.3. The number of esters is 1. The standard InChI is InChI=1S/C13H14BrNO3/c1-3-11(13(17)18-2)15-7-8-6-9(14)4-5-10(8)12(15)16/h4-6,11H,3,7H2,1-2H3/t11-/m0/s1. The first-order valence-electron chi connectivity index (χ1n) is 5.75. The second-order valence-corrected chi connectivity index (χ2v) is 5.10. The number of hydrogen-bond acceptors (Lipinski definition) is 3. The van der Waals surface area contributed by atoms with Crippen molar-refractivity contribution in [2.24, 2.45) is 0 Å². The van der Waals surface area contributed by atoms with Gasteiger partial charge in [0.25, 0.3) is 5.91 Å². The predicted octanol–water partition coefficient (Wildman–Crippen LogP) is 2.36. The third kappa shape index (κ3) is 2.14. The Balaban J connectivity index is 2.30. The number of hydrogen-bond donors (Lipinski definition) is 0. The lowest BCUT2D eigenvalue weighted by Gasteiger charge is -2.24. The number of rotatable bonds is 3. The third-order valence-electron chi connectivity index (χ3n) is 3.14. The highest BCUT2D eigenvalue weighted by atomic mass is 79.9. The maximum atomic E-state index is 12.2. The third-order valence-corrected chi connectivity index (χ3v) is 3.63. The van der Waals surface area contributed by atoms with Gasteiger partial charge in [-0.05, 0) is 30.2 Å². The Morgan fingerprint density at radius 1 is 1.56 bits per heavy atom. The number of carbonyl (C=O) groups excluding carboxylic acids is 2. The van der Waals surface area contributed by atoms with E-state index in [1.54, 1.807) is 11.0 Å². The van der Waals surface area contributed by atoms with E-state index in [1.807, 2.05) is 19.1 Å². The Bertz CT molecular complexity index is 501. The van der Waals surface area contributed by atoms with Crippen LogP contribution >= 0.6 is 15.9 Å². The van der Waals surface area contributed by atoms with Gasteiger partial charge in [0.2, 0.25) is 0 Å². The maximum Gasteiger partial charge on any atom is 0.328 e. The van der Waals surface area contributed by atoms with Crippen molar-refractivity contribution in [3.05, 3.63) is 33.8 Å². The van der Waals surface area contributed by atoms with Gasteiger partial charge >= 0.3 is 5.97 Å². The fourth-order valence-electron chi connectivity index (χ4n) is 2.21. The van der Waals surface area contributed by atoms with Crippen molar-refractivity contribution in [2.75, 3.05) is 7.11 Å². The number of benzene rings is 1. The molecule has 1 heterocycles. The summed E-state index contributed by atoms with van der Waals surface area (Å²) in [5.74, 6) is -0.465. The van der Waals surface area contributed by atoms with E-state index < -0.39 is 6.04 Å². The van der Waals surface area contributed by atoms with E-state index in [2.05, 4.69) is 15.9 Å². The molecule has 4 nitrogen and oxygen atoms in total. The van der Waals surface area contributed by atoms with E-state index in [0.717, 1.165) is 10.0 Å². The van der Waals surface area contributed by atoms with Crippen molar-refractivity contribution in [1.82, 2.24) is 4.90 Å². The van der Waals surface area contributed by atoms with E-state index in [4.69, 9.17) is 4.74 Å². The molecule has 96 valence electrons. The fourth-order valence-corrected chi connectivity index (χ4v) is 2.62. The minimum Gasteiger partial charge on any atom is -0.467 e. The highest BCUT2D eigenvalue weighted by molar-refractivity contribution is 9.10. The van der Waals surface area contributed by atoms with Gasteiger partial charge in [-0.1, -0.05) is 22.9 Å². The lowest BCUT2D eigenvalue weighted by molar-refractivity contribution is -0.146. The summed E-state index contributed by atoms with van der Waals surface area (Å²) in [6.07, 6.45) is 0.549. The first-order valence-corrected chi connectivity index (χ1v) is 6.55. The van der Waals surface area contributed by atoms with Crippen LogP contribution in [0.25, 0.3) is 0 Å². The van der Waals surface area contributed by atoms with Crippen LogP contribution in [0.1, 0.15) is 29.3 Å². The van der Waals surface area contributed by atoms with Crippen LogP contribution in [0.3, 0.4) is 0 Å². The van der Waals surface area contributed by atoms with Crippen molar-refractivity contribution in [2.45, 2.75) is 25.9 Å². The van der Waals surface area contributed by atoms with Crippen LogP contribution < -0.4 is 0 Å². The molecule has 0 fully saturated rings. The molecule has 0 saturated heterocycles. The molecule has 5 heteroatoms. The molecule has 0 spiro atoms. The van der Waals surface area contributed by atoms with Gasteiger partial charge in [0.05, 0.1) is 7.11 Å². The molecule has 1 atom stereocenters. The maximum absolute atomic E-state index is 12.2. The van der Waals surface area contributed by atoms with E-state index in [9.17, 15) is 9.59 Å². The van der Waals surface area contributed by atoms with Crippen LogP contribution in [0.2, 0.25) is 0 Å². The lowest BCUT2D eigenvalue weighted by Crippen LogP contribution is -2.41. The number of halogens is 1. The van der Waals surface area contributed by atoms with E-state index in [1.165, 1.54) is 7.11 Å². The number of methoxy groups -OCH3 is 1. The second-order valence-electron chi connectivity index (χ2n) is 4.18. The summed E-state index contributed by atoms with van der Waals surface area (Å²) in [4.78, 5) is 25.5. The molecule has 0 N–H and O–H groups in total. The minimum atomic E-state index is -0.506. The number of nitrogens with zero attached hydrogens (tertiary/aromatic N) is 1. The zero-order valence-electron chi connectivity index (χ0n) is 10.3. The average molecular weight is 312 g/mol. The fraction of sp³-hybridized carbons (Fsp3) is 0.385. The Morgan fingerprint density at radius 2 is 2.28 bits per heavy atom. The molecule has 1 aliphatic rings. The zero-order valence-corrected chi connectivity index (χ0v) is 11.9. The molecule has 2 rings (SSSR count). The molecular formula is C13H14BrNO3. The lowest BCUT2D eigenvalue weighted by atomic mass is 10.1. The van der Waals surface area contributed by atoms with Crippen molar-refractivity contribution < 1.29 is 14.3 Å². The average Bonchev–Trinajstić information content (AvgIpc) is 2.67. The van der Waals surface area contributed by atoms with Crippen molar-refractivity contribution in [1.29, 1.82) is 0 Å². The topological polar surface area (TPSA) is 46.6 Å². The van der Waals surface area contributed by atoms with E-state index in [0.29, 0.717) is 18.5 Å². The van der Waals surface area contributed by atoms with Gasteiger partial charge in [0, 0.05) is 16.6 Å². The number of amides is 1. The normalized spacial score (nSPS) is 15.5. The summed E-state index contributed by atoms with van der Waals surface area (Å²) >= 11 is 3.38. The number of carbonyl (C=O) groups is 2. The van der Waals surface area contributed by atoms with Gasteiger partial charge in [-0.15, -0.1) is 0 Å². The van der Waals surface area contributed by atoms with Crippen LogP contribution in [-0.4, -0.2) is 29.9 Å². The van der Waals surface area contributed by atoms with Crippen LogP contribution in [0.4, 0.5) is 0 Å². The number of ether oxygens (including phenoxy) is 1. The summed E-state index contributed by atoms with van der Waals surface area (Å²) in [5.41, 5.74) is 1.61. The summed E-state index contributed by atoms with van der Waals surface area (Å²) in [6, 6.07) is 5.02. The smallest absolute Gasteiger partial charge is 0.328 e. The Hall–Kier alpha value is -1.36. The van der Waals surface area contributed by atoms with Gasteiger partial charge in [0.1, 0.15) is 6.04 Å². The monoisotopic (exact) mass is 311 g/mol. The van der Waals surface area contributed by atoms with Crippen LogP contribution in [0.5, 0.6) is 0 Å². The molecule has 0 saturated carbocycles. The number of fused-ring (bicyclic) bond motifs is 1. The van der Waals surface area contributed by atoms with Crippen LogP contribution in [0, 0.1) is 0 Å². The highest BCUT2D eigenvalue weighted by Crippen LogP contribution is 2.28. The van der Waals surface area contributed by atoms with E-state index >= 15 is 0 Å². The second kappa shape index (κ2) is 5.10. The molecule has 0 aromatic heterocycles. The molecule has 0 aliphatic carbocycles. The van der Waals surface area contributed by atoms with Crippen molar-refractivity contribution >= 4 is 27.8 Å². The van der Waals surface area contributed by atoms with Gasteiger partial charge in [-0.25, -0.2) is 4.79 Å². The molecule has 0 radical (unpaired) electrons. The molecule has 18 heavy (non-hydrogen) atoms. The largest absolute Gasteiger partial charge is 0.467 e. The quantitative estimate of drug-likeness (QED) is 0.805. The first-order chi connectivity index (χ1) is 8.58. The first kappa shape index (κ1) is 13.1. The Kier molecular flexibility index (Phi) is 3.71. The molecule has 1 aromatic rings. The molecule has 0 unspecified atom stereocenters. The van der Waals surface area contributed by atoms with Crippen molar-refractivity contribution in [3.63, 3.8) is 0 Å². The Morgan fingerprint density at radius 3 is 2.89 bits per heavy atom. The van der Waals surface area contributed by atoms with E-state index in [-0.39, 0.29) is 11.9 Å². The predicted molar refractivity (Wildman–Crippen MR) is 70.1 cm³/mol. The molecule has 1 aromatic carbocycles. The van der Waals surface area contributed by atoms with Crippen molar-refractivity contribution in [3.8, 4) is 0 Å². The van der Waals surface area contributed by atoms with Gasteiger partial charge < -0.3 is 9.64 Å². The molecule has 0 bridgehead atoms. The van der Waals surface area contributed by atoms with Gasteiger partial charge in [-0.2, -0.15) is 0 Å². The van der Waals surface area contributed by atoms with Gasteiger partial charge in [0.15, 0.2) is 0 Å². The van der Waals surface area contributed by atoms with Crippen LogP contribution in [-0.2, 0) is 16.1 Å². The highest BCUT2D eigenvalue weighted by Gasteiger charge is 2.35. The summed E-state index contributed by atoms with van der Waals surface area (Å²) in [7, 11) is 1.34. The molecular weight excluding hydrogens is 298 g/mol. The summed E-state index contributed by atoms with van der Waals surface area (Å²) < 4.78 is 5.68. The van der Waals surface area contributed by atoms with Crippen LogP contribution in [0.15, 0.2) is 22.7 Å². The Labute approximate surface area is 114 Å². The SMILES string of the molecule is CC[C@@H](C(=O)OC)N1Cc2cc(Br)ccc2C1=O. The van der Waals surface area contributed by atoms with Gasteiger partial charge in [-0.3, -0.25) is 4.79 Å².